The molecule has 0 bridgehead atoms. The van der Waals surface area contributed by atoms with Gasteiger partial charge in [-0.2, -0.15) is 0 Å². The van der Waals surface area contributed by atoms with E-state index in [1.165, 1.54) is 0 Å². The first kappa shape index (κ1) is 10.7. The van der Waals surface area contributed by atoms with Crippen LogP contribution in [0.2, 0.25) is 5.02 Å². The minimum Gasteiger partial charge on any atom is -0.386 e. The molecule has 0 spiro atoms. The van der Waals surface area contributed by atoms with Crippen LogP contribution in [0.1, 0.15) is 13.8 Å². The lowest BCUT2D eigenvalue weighted by molar-refractivity contribution is -0.0304. The second-order valence-corrected chi connectivity index (χ2v) is 4.89. The summed E-state index contributed by atoms with van der Waals surface area (Å²) in [5.41, 5.74) is -0.554. The summed E-state index contributed by atoms with van der Waals surface area (Å²) in [5.74, 6) is 1.16. The molecule has 3 nitrogen and oxygen atoms in total. The first-order chi connectivity index (χ1) is 7.01. The molecule has 1 aromatic heterocycles. The molecule has 0 aliphatic carbocycles. The second kappa shape index (κ2) is 3.65. The van der Waals surface area contributed by atoms with E-state index >= 15 is 0 Å². The molecule has 1 fully saturated rings. The molecule has 82 valence electrons. The van der Waals surface area contributed by atoms with Crippen molar-refractivity contribution in [3.63, 3.8) is 0 Å². The summed E-state index contributed by atoms with van der Waals surface area (Å²) in [7, 11) is 0. The molecule has 0 aromatic carbocycles. The van der Waals surface area contributed by atoms with E-state index in [4.69, 9.17) is 11.6 Å². The Morgan fingerprint density at radius 2 is 2.13 bits per heavy atom. The van der Waals surface area contributed by atoms with Crippen molar-refractivity contribution in [2.45, 2.75) is 19.4 Å². The number of hydrogen-bond acceptors (Lipinski definition) is 3. The lowest BCUT2D eigenvalue weighted by Crippen LogP contribution is -2.65. The number of aromatic nitrogens is 1. The number of hydrogen-bond donors (Lipinski definition) is 1. The molecule has 1 aromatic rings. The fourth-order valence-corrected chi connectivity index (χ4v) is 1.81. The van der Waals surface area contributed by atoms with Crippen LogP contribution in [0, 0.1) is 5.92 Å². The first-order valence-electron chi connectivity index (χ1n) is 5.10. The molecule has 2 heterocycles. The van der Waals surface area contributed by atoms with E-state index in [9.17, 15) is 5.11 Å². The number of pyridine rings is 1. The van der Waals surface area contributed by atoms with Crippen molar-refractivity contribution < 1.29 is 5.11 Å². The Morgan fingerprint density at radius 3 is 2.60 bits per heavy atom. The van der Waals surface area contributed by atoms with Crippen molar-refractivity contribution in [3.05, 3.63) is 23.4 Å². The molecule has 1 aliphatic rings. The highest BCUT2D eigenvalue weighted by molar-refractivity contribution is 6.30. The van der Waals surface area contributed by atoms with Crippen molar-refractivity contribution in [1.82, 2.24) is 4.98 Å². The quantitative estimate of drug-likeness (QED) is 0.838. The number of halogens is 1. The average molecular weight is 227 g/mol. The minimum absolute atomic E-state index is 0.279. The van der Waals surface area contributed by atoms with Gasteiger partial charge in [-0.1, -0.05) is 25.4 Å². The van der Waals surface area contributed by atoms with E-state index in [2.05, 4.69) is 9.88 Å². The van der Waals surface area contributed by atoms with Crippen LogP contribution >= 0.6 is 11.6 Å². The lowest BCUT2D eigenvalue weighted by Gasteiger charge is -2.49. The van der Waals surface area contributed by atoms with Gasteiger partial charge in [0.25, 0.3) is 0 Å². The van der Waals surface area contributed by atoms with E-state index < -0.39 is 5.60 Å². The smallest absolute Gasteiger partial charge is 0.128 e. The molecule has 1 saturated heterocycles. The topological polar surface area (TPSA) is 36.4 Å². The Kier molecular flexibility index (Phi) is 2.61. The van der Waals surface area contributed by atoms with Gasteiger partial charge in [0.05, 0.1) is 18.1 Å². The maximum atomic E-state index is 10.1. The maximum absolute atomic E-state index is 10.1. The molecule has 0 unspecified atom stereocenters. The van der Waals surface area contributed by atoms with E-state index in [1.807, 2.05) is 26.0 Å². The highest BCUT2D eigenvalue weighted by atomic mass is 35.5. The van der Waals surface area contributed by atoms with Crippen molar-refractivity contribution in [2.75, 3.05) is 18.0 Å². The van der Waals surface area contributed by atoms with E-state index in [0.717, 1.165) is 5.82 Å². The van der Waals surface area contributed by atoms with Crippen LogP contribution in [0.5, 0.6) is 0 Å². The van der Waals surface area contributed by atoms with E-state index in [1.54, 1.807) is 6.20 Å². The summed E-state index contributed by atoms with van der Waals surface area (Å²) < 4.78 is 0. The van der Waals surface area contributed by atoms with Gasteiger partial charge in [-0.3, -0.25) is 0 Å². The van der Waals surface area contributed by atoms with Crippen molar-refractivity contribution in [1.29, 1.82) is 0 Å². The fraction of sp³-hybridized carbons (Fsp3) is 0.545. The number of aliphatic hydroxyl groups is 1. The van der Waals surface area contributed by atoms with E-state index in [-0.39, 0.29) is 5.92 Å². The van der Waals surface area contributed by atoms with Gasteiger partial charge in [0.15, 0.2) is 0 Å². The van der Waals surface area contributed by atoms with Crippen LogP contribution < -0.4 is 4.90 Å². The van der Waals surface area contributed by atoms with Gasteiger partial charge in [0.1, 0.15) is 11.4 Å². The number of anilines is 1. The van der Waals surface area contributed by atoms with Gasteiger partial charge in [-0.05, 0) is 18.1 Å². The highest BCUT2D eigenvalue weighted by Crippen LogP contribution is 2.31. The molecule has 4 heteroatoms. The monoisotopic (exact) mass is 226 g/mol. The summed E-state index contributed by atoms with van der Waals surface area (Å²) in [5, 5.41) is 10.7. The minimum atomic E-state index is -0.554. The molecule has 1 aliphatic heterocycles. The summed E-state index contributed by atoms with van der Waals surface area (Å²) >= 11 is 5.75. The van der Waals surface area contributed by atoms with Crippen molar-refractivity contribution in [3.8, 4) is 0 Å². The molecule has 0 radical (unpaired) electrons. The lowest BCUT2D eigenvalue weighted by atomic mass is 9.83. The Bertz CT molecular complexity index is 344. The van der Waals surface area contributed by atoms with Crippen molar-refractivity contribution in [2.24, 2.45) is 5.92 Å². The first-order valence-corrected chi connectivity index (χ1v) is 5.48. The third-order valence-electron chi connectivity index (χ3n) is 3.04. The summed E-state index contributed by atoms with van der Waals surface area (Å²) in [6, 6.07) is 3.69. The van der Waals surface area contributed by atoms with Gasteiger partial charge < -0.3 is 10.0 Å². The van der Waals surface area contributed by atoms with Crippen LogP contribution in [0.15, 0.2) is 18.3 Å². The predicted molar refractivity (Wildman–Crippen MR) is 61.2 cm³/mol. The third-order valence-corrected chi connectivity index (χ3v) is 3.26. The summed E-state index contributed by atoms with van der Waals surface area (Å²) in [6.07, 6.45) is 1.63. The number of rotatable bonds is 2. The summed E-state index contributed by atoms with van der Waals surface area (Å²) in [4.78, 5) is 6.26. The normalized spacial score (nSPS) is 19.1. The molecule has 2 rings (SSSR count). The molecule has 1 N–H and O–H groups in total. The zero-order valence-electron chi connectivity index (χ0n) is 8.94. The van der Waals surface area contributed by atoms with Crippen LogP contribution in [0.3, 0.4) is 0 Å². The number of β-amino-alcohol motifs (C(OH)–C–C–N with tert-alkyl or cyclic N) is 1. The molecule has 0 atom stereocenters. The zero-order chi connectivity index (χ0) is 11.1. The molecular weight excluding hydrogens is 212 g/mol. The van der Waals surface area contributed by atoms with Crippen LogP contribution in [0.25, 0.3) is 0 Å². The molecule has 0 amide bonds. The van der Waals surface area contributed by atoms with Gasteiger partial charge in [0.2, 0.25) is 0 Å². The Morgan fingerprint density at radius 1 is 1.47 bits per heavy atom. The summed E-state index contributed by atoms with van der Waals surface area (Å²) in [6.45, 7) is 5.37. The Balaban J connectivity index is 2.03. The SMILES string of the molecule is CC(C)C1(O)CN(c2ccc(Cl)cn2)C1. The van der Waals surface area contributed by atoms with Crippen LogP contribution in [0.4, 0.5) is 5.82 Å². The van der Waals surface area contributed by atoms with Gasteiger partial charge in [-0.15, -0.1) is 0 Å². The Hall–Kier alpha value is -0.800. The number of nitrogens with zero attached hydrogens (tertiary/aromatic N) is 2. The standard InChI is InChI=1S/C11H15ClN2O/c1-8(2)11(15)6-14(7-11)10-4-3-9(12)5-13-10/h3-5,8,15H,6-7H2,1-2H3. The zero-order valence-corrected chi connectivity index (χ0v) is 9.70. The Labute approximate surface area is 94.7 Å². The van der Waals surface area contributed by atoms with Crippen molar-refractivity contribution >= 4 is 17.4 Å². The molecule has 0 saturated carbocycles. The average Bonchev–Trinajstić information content (AvgIpc) is 2.14. The third kappa shape index (κ3) is 1.94. The predicted octanol–water partition coefficient (Wildman–Crippen LogP) is 1.94. The highest BCUT2D eigenvalue weighted by Gasteiger charge is 2.44. The van der Waals surface area contributed by atoms with Crippen LogP contribution in [-0.4, -0.2) is 28.8 Å². The largest absolute Gasteiger partial charge is 0.386 e. The van der Waals surface area contributed by atoms with E-state index in [0.29, 0.717) is 18.1 Å². The van der Waals surface area contributed by atoms with Gasteiger partial charge in [0, 0.05) is 6.20 Å². The fourth-order valence-electron chi connectivity index (χ4n) is 1.70. The maximum Gasteiger partial charge on any atom is 0.128 e. The molecular formula is C11H15ClN2O. The van der Waals surface area contributed by atoms with Gasteiger partial charge in [-0.25, -0.2) is 4.98 Å². The second-order valence-electron chi connectivity index (χ2n) is 4.45. The molecule has 15 heavy (non-hydrogen) atoms. The van der Waals surface area contributed by atoms with Crippen LogP contribution in [-0.2, 0) is 0 Å². The van der Waals surface area contributed by atoms with Gasteiger partial charge >= 0.3 is 0 Å².